The third-order valence-electron chi connectivity index (χ3n) is 3.89. The number of imidazole rings is 1. The number of rotatable bonds is 5. The van der Waals surface area contributed by atoms with Gasteiger partial charge in [0, 0.05) is 18.6 Å². The van der Waals surface area contributed by atoms with Crippen molar-refractivity contribution in [3.05, 3.63) is 48.3 Å². The van der Waals surface area contributed by atoms with Crippen molar-refractivity contribution in [1.29, 1.82) is 5.26 Å². The van der Waals surface area contributed by atoms with Crippen LogP contribution in [0.15, 0.2) is 42.5 Å². The number of hydrogen-bond donors (Lipinski definition) is 0. The van der Waals surface area contributed by atoms with Gasteiger partial charge in [0.25, 0.3) is 0 Å². The minimum absolute atomic E-state index is 0.220. The van der Waals surface area contributed by atoms with Gasteiger partial charge >= 0.3 is 0 Å². The Hall–Kier alpha value is -3.20. The molecule has 0 amide bonds. The zero-order chi connectivity index (χ0) is 16.4. The largest absolute Gasteiger partial charge is 0.493 e. The quantitative estimate of drug-likeness (QED) is 0.722. The lowest BCUT2D eigenvalue weighted by Gasteiger charge is -2.07. The molecule has 0 unspecified atom stereocenters. The van der Waals surface area contributed by atoms with Crippen LogP contribution in [-0.2, 0) is 13.0 Å². The molecule has 24 heavy (non-hydrogen) atoms. The fourth-order valence-electron chi connectivity index (χ4n) is 2.78. The van der Waals surface area contributed by atoms with E-state index in [1.807, 2.05) is 47.0 Å². The molecule has 0 radical (unpaired) electrons. The van der Waals surface area contributed by atoms with Gasteiger partial charge < -0.3 is 18.8 Å². The molecule has 3 aromatic rings. The lowest BCUT2D eigenvalue weighted by molar-refractivity contribution is 0.174. The Morgan fingerprint density at radius 1 is 1.17 bits per heavy atom. The van der Waals surface area contributed by atoms with Gasteiger partial charge in [-0.3, -0.25) is 0 Å². The second-order valence-corrected chi connectivity index (χ2v) is 5.38. The molecule has 0 saturated heterocycles. The van der Waals surface area contributed by atoms with Crippen LogP contribution < -0.4 is 14.2 Å². The van der Waals surface area contributed by atoms with E-state index in [-0.39, 0.29) is 13.3 Å². The maximum Gasteiger partial charge on any atom is 0.231 e. The highest BCUT2D eigenvalue weighted by Crippen LogP contribution is 2.36. The zero-order valence-electron chi connectivity index (χ0n) is 12.9. The van der Waals surface area contributed by atoms with Crippen LogP contribution in [0.4, 0.5) is 0 Å². The number of aromatic nitrogens is 2. The van der Waals surface area contributed by atoms with Crippen LogP contribution in [0.5, 0.6) is 17.2 Å². The summed E-state index contributed by atoms with van der Waals surface area (Å²) in [6, 6.07) is 15.6. The number of ether oxygens (including phenoxy) is 3. The predicted molar refractivity (Wildman–Crippen MR) is 87.1 cm³/mol. The van der Waals surface area contributed by atoms with Crippen molar-refractivity contribution < 1.29 is 14.2 Å². The van der Waals surface area contributed by atoms with Crippen molar-refractivity contribution in [3.63, 3.8) is 0 Å². The van der Waals surface area contributed by atoms with E-state index in [0.717, 1.165) is 22.6 Å². The first-order valence-electron chi connectivity index (χ1n) is 7.69. The molecule has 6 heteroatoms. The Kier molecular flexibility index (Phi) is 3.67. The molecule has 0 fully saturated rings. The monoisotopic (exact) mass is 321 g/mol. The molecular formula is C18H15N3O3. The van der Waals surface area contributed by atoms with Crippen LogP contribution in [0.3, 0.4) is 0 Å². The summed E-state index contributed by atoms with van der Waals surface area (Å²) in [5.41, 5.74) is 1.67. The summed E-state index contributed by atoms with van der Waals surface area (Å²) in [5, 5.41) is 9.13. The molecule has 6 nitrogen and oxygen atoms in total. The summed E-state index contributed by atoms with van der Waals surface area (Å²) in [5.74, 6) is 3.01. The number of para-hydroxylation sites is 1. The molecule has 0 spiro atoms. The highest BCUT2D eigenvalue weighted by atomic mass is 16.7. The summed E-state index contributed by atoms with van der Waals surface area (Å²) >= 11 is 0. The van der Waals surface area contributed by atoms with Crippen molar-refractivity contribution in [3.8, 4) is 23.3 Å². The standard InChI is InChI=1S/C18H15N3O3/c19-7-8-21-15-11-17-16(23-12-24-17)10-14(15)20-18(21)6-9-22-13-4-2-1-3-5-13/h1-5,10-11H,6,8-9,12H2. The highest BCUT2D eigenvalue weighted by Gasteiger charge is 2.19. The van der Waals surface area contributed by atoms with Crippen LogP contribution in [-0.4, -0.2) is 23.0 Å². The lowest BCUT2D eigenvalue weighted by Crippen LogP contribution is -2.08. The molecule has 120 valence electrons. The van der Waals surface area contributed by atoms with Gasteiger partial charge in [-0.2, -0.15) is 5.26 Å². The molecule has 2 aromatic carbocycles. The molecule has 1 aliphatic heterocycles. The first-order valence-corrected chi connectivity index (χ1v) is 7.69. The van der Waals surface area contributed by atoms with Gasteiger partial charge in [0.05, 0.1) is 23.7 Å². The van der Waals surface area contributed by atoms with Crippen LogP contribution in [0, 0.1) is 11.3 Å². The minimum Gasteiger partial charge on any atom is -0.493 e. The molecule has 0 aliphatic carbocycles. The van der Waals surface area contributed by atoms with Gasteiger partial charge in [0.1, 0.15) is 18.1 Å². The van der Waals surface area contributed by atoms with E-state index >= 15 is 0 Å². The first kappa shape index (κ1) is 14.4. The number of nitrogens with zero attached hydrogens (tertiary/aromatic N) is 3. The summed E-state index contributed by atoms with van der Waals surface area (Å²) < 4.78 is 18.4. The predicted octanol–water partition coefficient (Wildman–Crippen LogP) is 2.91. The van der Waals surface area contributed by atoms with Crippen molar-refractivity contribution >= 4 is 11.0 Å². The lowest BCUT2D eigenvalue weighted by atomic mass is 10.2. The van der Waals surface area contributed by atoms with E-state index in [1.54, 1.807) is 0 Å². The average molecular weight is 321 g/mol. The van der Waals surface area contributed by atoms with Gasteiger partial charge in [-0.05, 0) is 12.1 Å². The maximum atomic E-state index is 9.13. The van der Waals surface area contributed by atoms with Crippen LogP contribution in [0.1, 0.15) is 5.82 Å². The second kappa shape index (κ2) is 6.13. The van der Waals surface area contributed by atoms with Gasteiger partial charge in [-0.15, -0.1) is 0 Å². The van der Waals surface area contributed by atoms with Gasteiger partial charge in [0.2, 0.25) is 6.79 Å². The Labute approximate surface area is 138 Å². The Morgan fingerprint density at radius 3 is 2.75 bits per heavy atom. The summed E-state index contributed by atoms with van der Waals surface area (Å²) in [6.07, 6.45) is 0.609. The first-order chi connectivity index (χ1) is 11.8. The fourth-order valence-corrected chi connectivity index (χ4v) is 2.78. The van der Waals surface area contributed by atoms with E-state index in [2.05, 4.69) is 11.1 Å². The molecular weight excluding hydrogens is 306 g/mol. The number of nitriles is 1. The minimum atomic E-state index is 0.220. The van der Waals surface area contributed by atoms with Crippen molar-refractivity contribution in [2.24, 2.45) is 0 Å². The SMILES string of the molecule is N#CCn1c(CCOc2ccccc2)nc2cc3c(cc21)OCO3. The molecule has 4 rings (SSSR count). The van der Waals surface area contributed by atoms with Gasteiger partial charge in [-0.25, -0.2) is 4.98 Å². The summed E-state index contributed by atoms with van der Waals surface area (Å²) in [4.78, 5) is 4.64. The Bertz CT molecular complexity index is 913. The topological polar surface area (TPSA) is 69.3 Å². The van der Waals surface area contributed by atoms with E-state index in [4.69, 9.17) is 19.5 Å². The van der Waals surface area contributed by atoms with E-state index in [1.165, 1.54) is 0 Å². The molecule has 1 aliphatic rings. The Balaban J connectivity index is 1.60. The third-order valence-corrected chi connectivity index (χ3v) is 3.89. The number of fused-ring (bicyclic) bond motifs is 2. The van der Waals surface area contributed by atoms with Crippen molar-refractivity contribution in [2.75, 3.05) is 13.4 Å². The van der Waals surface area contributed by atoms with Crippen molar-refractivity contribution in [2.45, 2.75) is 13.0 Å². The molecule has 0 N–H and O–H groups in total. The fraction of sp³-hybridized carbons (Fsp3) is 0.222. The van der Waals surface area contributed by atoms with Crippen LogP contribution >= 0.6 is 0 Å². The zero-order valence-corrected chi connectivity index (χ0v) is 12.9. The van der Waals surface area contributed by atoms with Gasteiger partial charge in [0.15, 0.2) is 11.5 Å². The maximum absolute atomic E-state index is 9.13. The molecule has 0 saturated carbocycles. The normalized spacial score (nSPS) is 12.3. The molecule has 1 aromatic heterocycles. The number of hydrogen-bond acceptors (Lipinski definition) is 5. The van der Waals surface area contributed by atoms with E-state index in [9.17, 15) is 0 Å². The third kappa shape index (κ3) is 2.61. The van der Waals surface area contributed by atoms with Crippen LogP contribution in [0.25, 0.3) is 11.0 Å². The molecule has 0 atom stereocenters. The molecule has 0 bridgehead atoms. The second-order valence-electron chi connectivity index (χ2n) is 5.38. The van der Waals surface area contributed by atoms with Crippen molar-refractivity contribution in [1.82, 2.24) is 9.55 Å². The van der Waals surface area contributed by atoms with Gasteiger partial charge in [-0.1, -0.05) is 18.2 Å². The van der Waals surface area contributed by atoms with Crippen LogP contribution in [0.2, 0.25) is 0 Å². The summed E-state index contributed by atoms with van der Waals surface area (Å²) in [7, 11) is 0. The smallest absolute Gasteiger partial charge is 0.231 e. The highest BCUT2D eigenvalue weighted by molar-refractivity contribution is 5.81. The Morgan fingerprint density at radius 2 is 1.96 bits per heavy atom. The van der Waals surface area contributed by atoms with E-state index in [0.29, 0.717) is 24.5 Å². The van der Waals surface area contributed by atoms with E-state index < -0.39 is 0 Å². The number of benzene rings is 2. The molecule has 2 heterocycles. The average Bonchev–Trinajstić information content (AvgIpc) is 3.19. The summed E-state index contributed by atoms with van der Waals surface area (Å²) in [6.45, 7) is 0.945.